The van der Waals surface area contributed by atoms with Gasteiger partial charge in [0.2, 0.25) is 11.8 Å². The van der Waals surface area contributed by atoms with Gasteiger partial charge in [-0.1, -0.05) is 50.5 Å². The van der Waals surface area contributed by atoms with Crippen LogP contribution in [0.25, 0.3) is 11.1 Å². The smallest absolute Gasteiger partial charge is 0.410 e. The Morgan fingerprint density at radius 3 is 2.47 bits per heavy atom. The fraction of sp³-hybridized carbons (Fsp3) is 0.568. The molecule has 1 fully saturated rings. The van der Waals surface area contributed by atoms with Crippen molar-refractivity contribution in [2.75, 3.05) is 45.7 Å². The summed E-state index contributed by atoms with van der Waals surface area (Å²) in [4.78, 5) is 71.3. The van der Waals surface area contributed by atoms with Gasteiger partial charge in [0, 0.05) is 51.3 Å². The summed E-state index contributed by atoms with van der Waals surface area (Å²) in [5, 5.41) is 5.75. The molecule has 2 heterocycles. The molecule has 12 heteroatoms. The summed E-state index contributed by atoms with van der Waals surface area (Å²) < 4.78 is 10.3. The van der Waals surface area contributed by atoms with Gasteiger partial charge in [0.15, 0.2) is 5.69 Å². The number of esters is 1. The number of aromatic nitrogens is 1. The van der Waals surface area contributed by atoms with E-state index < -0.39 is 23.5 Å². The summed E-state index contributed by atoms with van der Waals surface area (Å²) in [6, 6.07) is 9.70. The van der Waals surface area contributed by atoms with Gasteiger partial charge < -0.3 is 25.0 Å². The maximum Gasteiger partial charge on any atom is 0.410 e. The molecular weight excluding hydrogens is 626 g/mol. The van der Waals surface area contributed by atoms with Crippen molar-refractivity contribution in [2.45, 2.75) is 91.1 Å². The number of anilines is 1. The Morgan fingerprint density at radius 1 is 1.04 bits per heavy atom. The summed E-state index contributed by atoms with van der Waals surface area (Å²) >= 11 is 0. The number of piperidine rings is 1. The van der Waals surface area contributed by atoms with E-state index in [-0.39, 0.29) is 48.7 Å². The third-order valence-corrected chi connectivity index (χ3v) is 8.34. The first-order chi connectivity index (χ1) is 23.3. The molecule has 1 unspecified atom stereocenters. The first kappa shape index (κ1) is 39.0. The van der Waals surface area contributed by atoms with Gasteiger partial charge in [-0.2, -0.15) is 0 Å². The average Bonchev–Trinajstić information content (AvgIpc) is 3.06. The molecule has 1 saturated heterocycles. The Kier molecular flexibility index (Phi) is 15.0. The molecule has 1 atom stereocenters. The average molecular weight is 680 g/mol. The number of carbonyl (C=O) groups excluding carboxylic acids is 5. The lowest BCUT2D eigenvalue weighted by molar-refractivity contribution is -0.140. The number of ether oxygens (including phenoxy) is 2. The molecule has 4 amide bonds. The van der Waals surface area contributed by atoms with Crippen LogP contribution in [0.15, 0.2) is 36.5 Å². The van der Waals surface area contributed by atoms with Crippen LogP contribution in [-0.2, 0) is 30.3 Å². The summed E-state index contributed by atoms with van der Waals surface area (Å²) in [5.41, 5.74) is 2.26. The van der Waals surface area contributed by atoms with Crippen LogP contribution in [0.3, 0.4) is 0 Å². The lowest BCUT2D eigenvalue weighted by Gasteiger charge is -2.33. The van der Waals surface area contributed by atoms with Crippen molar-refractivity contribution in [1.82, 2.24) is 20.1 Å². The Labute approximate surface area is 290 Å². The summed E-state index contributed by atoms with van der Waals surface area (Å²) in [6.45, 7) is 8.17. The van der Waals surface area contributed by atoms with E-state index in [1.54, 1.807) is 45.0 Å². The van der Waals surface area contributed by atoms with Gasteiger partial charge in [0.05, 0.1) is 12.8 Å². The lowest BCUT2D eigenvalue weighted by Crippen LogP contribution is -2.46. The standard InChI is InChI=1S/C37H53N5O7/c1-7-26-14-13-15-28(20-26)29-22-30(34(39-23-29)35(46)38-18-12-10-8-9-11-16-33(45)48-6)40-31(43)25-42(36(47)49-37(2,3)4)24-27-17-19-41(5)32(44)21-27/h13-15,20,22-23,27H,7-12,16-19,21,24-25H2,1-6H3,(H,38,46)(H,40,43). The third kappa shape index (κ3) is 13.2. The molecule has 0 saturated carbocycles. The number of methoxy groups -OCH3 is 1. The quantitative estimate of drug-likeness (QED) is 0.172. The largest absolute Gasteiger partial charge is 0.469 e. The van der Waals surface area contributed by atoms with Gasteiger partial charge in [-0.3, -0.25) is 24.1 Å². The van der Waals surface area contributed by atoms with Crippen LogP contribution in [0.1, 0.15) is 95.1 Å². The second-order valence-electron chi connectivity index (χ2n) is 13.6. The van der Waals surface area contributed by atoms with E-state index >= 15 is 0 Å². The highest BCUT2D eigenvalue weighted by molar-refractivity contribution is 6.03. The first-order valence-corrected chi connectivity index (χ1v) is 17.3. The zero-order valence-electron chi connectivity index (χ0n) is 29.9. The maximum absolute atomic E-state index is 13.6. The van der Waals surface area contributed by atoms with Gasteiger partial charge >= 0.3 is 12.1 Å². The number of amides is 4. The zero-order chi connectivity index (χ0) is 36.0. The van der Waals surface area contributed by atoms with Crippen LogP contribution in [-0.4, -0.2) is 90.5 Å². The molecule has 1 aromatic carbocycles. The van der Waals surface area contributed by atoms with Crippen molar-refractivity contribution in [3.63, 3.8) is 0 Å². The van der Waals surface area contributed by atoms with Crippen molar-refractivity contribution in [1.29, 1.82) is 0 Å². The van der Waals surface area contributed by atoms with Crippen LogP contribution < -0.4 is 10.6 Å². The molecule has 3 rings (SSSR count). The predicted molar refractivity (Wildman–Crippen MR) is 188 cm³/mol. The molecule has 0 aliphatic carbocycles. The highest BCUT2D eigenvalue weighted by atomic mass is 16.6. The normalized spacial score (nSPS) is 14.6. The second kappa shape index (κ2) is 18.9. The minimum absolute atomic E-state index is 0.00547. The molecule has 12 nitrogen and oxygen atoms in total. The van der Waals surface area contributed by atoms with Crippen LogP contribution in [0.5, 0.6) is 0 Å². The maximum atomic E-state index is 13.6. The number of nitrogens with zero attached hydrogens (tertiary/aromatic N) is 3. The van der Waals surface area contributed by atoms with Crippen molar-refractivity contribution in [2.24, 2.45) is 5.92 Å². The Balaban J connectivity index is 1.76. The Morgan fingerprint density at radius 2 is 1.78 bits per heavy atom. The molecule has 0 radical (unpaired) electrons. The van der Waals surface area contributed by atoms with Gasteiger partial charge in [-0.15, -0.1) is 0 Å². The van der Waals surface area contributed by atoms with Gasteiger partial charge in [-0.05, 0) is 69.6 Å². The number of aryl methyl sites for hydroxylation is 1. The third-order valence-electron chi connectivity index (χ3n) is 8.34. The second-order valence-corrected chi connectivity index (χ2v) is 13.6. The van der Waals surface area contributed by atoms with Crippen LogP contribution in [0.4, 0.5) is 10.5 Å². The van der Waals surface area contributed by atoms with E-state index in [2.05, 4.69) is 27.3 Å². The van der Waals surface area contributed by atoms with Crippen molar-refractivity contribution < 1.29 is 33.4 Å². The molecular formula is C37H53N5O7. The SMILES string of the molecule is CCc1cccc(-c2cnc(C(=O)NCCCCCCCC(=O)OC)c(NC(=O)CN(CC3CCN(C)C(=O)C3)C(=O)OC(C)(C)C)c2)c1. The molecule has 2 aromatic rings. The highest BCUT2D eigenvalue weighted by Crippen LogP contribution is 2.26. The molecule has 1 aliphatic rings. The van der Waals surface area contributed by atoms with Crippen LogP contribution in [0, 0.1) is 5.92 Å². The summed E-state index contributed by atoms with van der Waals surface area (Å²) in [5.74, 6) is -1.28. The molecule has 1 aromatic heterocycles. The fourth-order valence-corrected chi connectivity index (χ4v) is 5.55. The van der Waals surface area contributed by atoms with Crippen molar-refractivity contribution >= 4 is 35.5 Å². The van der Waals surface area contributed by atoms with Crippen molar-refractivity contribution in [3.05, 3.63) is 47.8 Å². The van der Waals surface area contributed by atoms with E-state index in [0.717, 1.165) is 55.2 Å². The number of likely N-dealkylation sites (tertiary alicyclic amines) is 1. The number of nitrogens with one attached hydrogen (secondary N) is 2. The number of hydrogen-bond donors (Lipinski definition) is 2. The van der Waals surface area contributed by atoms with E-state index in [0.29, 0.717) is 25.9 Å². The van der Waals surface area contributed by atoms with Crippen LogP contribution >= 0.6 is 0 Å². The Bertz CT molecular complexity index is 1450. The molecule has 49 heavy (non-hydrogen) atoms. The highest BCUT2D eigenvalue weighted by Gasteiger charge is 2.30. The van der Waals surface area contributed by atoms with E-state index in [9.17, 15) is 24.0 Å². The zero-order valence-corrected chi connectivity index (χ0v) is 29.9. The minimum atomic E-state index is -0.784. The minimum Gasteiger partial charge on any atom is -0.469 e. The number of pyridine rings is 1. The molecule has 0 bridgehead atoms. The Hall–Kier alpha value is -4.48. The van der Waals surface area contributed by atoms with Gasteiger partial charge in [0.25, 0.3) is 5.91 Å². The number of benzene rings is 1. The van der Waals surface area contributed by atoms with Crippen molar-refractivity contribution in [3.8, 4) is 11.1 Å². The van der Waals surface area contributed by atoms with Gasteiger partial charge in [-0.25, -0.2) is 9.78 Å². The monoisotopic (exact) mass is 679 g/mol. The van der Waals surface area contributed by atoms with E-state index in [1.807, 2.05) is 24.3 Å². The number of carbonyl (C=O) groups is 5. The fourth-order valence-electron chi connectivity index (χ4n) is 5.55. The topological polar surface area (TPSA) is 147 Å². The number of unbranched alkanes of at least 4 members (excludes halogenated alkanes) is 4. The van der Waals surface area contributed by atoms with E-state index in [1.165, 1.54) is 12.0 Å². The molecule has 0 spiro atoms. The van der Waals surface area contributed by atoms with Gasteiger partial charge in [0.1, 0.15) is 12.1 Å². The predicted octanol–water partition coefficient (Wildman–Crippen LogP) is 5.60. The lowest BCUT2D eigenvalue weighted by atomic mass is 9.96. The van der Waals surface area contributed by atoms with E-state index in [4.69, 9.17) is 4.74 Å². The molecule has 1 aliphatic heterocycles. The van der Waals surface area contributed by atoms with Crippen LogP contribution in [0.2, 0.25) is 0 Å². The first-order valence-electron chi connectivity index (χ1n) is 17.3. The number of rotatable bonds is 16. The molecule has 268 valence electrons. The molecule has 2 N–H and O–H groups in total. The number of hydrogen-bond acceptors (Lipinski definition) is 8. The summed E-state index contributed by atoms with van der Waals surface area (Å²) in [6.07, 6.45) is 7.41. The summed E-state index contributed by atoms with van der Waals surface area (Å²) in [7, 11) is 3.14.